The highest BCUT2D eigenvalue weighted by Crippen LogP contribution is 2.32. The molecule has 0 saturated carbocycles. The summed E-state index contributed by atoms with van der Waals surface area (Å²) in [5.41, 5.74) is 3.36. The van der Waals surface area contributed by atoms with Crippen molar-refractivity contribution in [2.45, 2.75) is 27.2 Å². The van der Waals surface area contributed by atoms with Crippen LogP contribution in [0.5, 0.6) is 5.75 Å². The van der Waals surface area contributed by atoms with E-state index < -0.39 is 0 Å². The summed E-state index contributed by atoms with van der Waals surface area (Å²) in [5.74, 6) is 0.581. The van der Waals surface area contributed by atoms with E-state index in [2.05, 4.69) is 4.98 Å². The van der Waals surface area contributed by atoms with Crippen molar-refractivity contribution in [2.75, 3.05) is 20.3 Å². The monoisotopic (exact) mass is 303 g/mol. The van der Waals surface area contributed by atoms with Crippen molar-refractivity contribution in [2.24, 2.45) is 0 Å². The van der Waals surface area contributed by atoms with Gasteiger partial charge in [0.25, 0.3) is 0 Å². The maximum Gasteiger partial charge on any atom is 0.130 e. The summed E-state index contributed by atoms with van der Waals surface area (Å²) >= 11 is 0. The molecule has 0 saturated heterocycles. The Bertz CT molecular complexity index is 695. The summed E-state index contributed by atoms with van der Waals surface area (Å²) in [5, 5.41) is 0.905. The fourth-order valence-electron chi connectivity index (χ4n) is 2.54. The Morgan fingerprint density at radius 2 is 2.00 bits per heavy atom. The fourth-order valence-corrected chi connectivity index (χ4v) is 2.54. The number of fused-ring (bicyclic) bond motifs is 1. The molecule has 0 atom stereocenters. The second-order valence-electron chi connectivity index (χ2n) is 4.88. The molecule has 0 aliphatic carbocycles. The number of ether oxygens (including phenoxy) is 2. The van der Waals surface area contributed by atoms with Crippen molar-refractivity contribution in [1.29, 1.82) is 0 Å². The predicted molar refractivity (Wildman–Crippen MR) is 87.8 cm³/mol. The highest BCUT2D eigenvalue weighted by atomic mass is 19.1. The van der Waals surface area contributed by atoms with E-state index in [1.165, 1.54) is 0 Å². The summed E-state index contributed by atoms with van der Waals surface area (Å²) in [6.45, 7) is 6.55. The van der Waals surface area contributed by atoms with E-state index in [1.54, 1.807) is 7.11 Å². The van der Waals surface area contributed by atoms with Crippen LogP contribution in [0.15, 0.2) is 30.1 Å². The van der Waals surface area contributed by atoms with Crippen LogP contribution in [0.2, 0.25) is 0 Å². The molecule has 118 valence electrons. The summed E-state index contributed by atoms with van der Waals surface area (Å²) in [6, 6.07) is 7.66. The molecule has 3 rings (SSSR count). The van der Waals surface area contributed by atoms with E-state index in [4.69, 9.17) is 9.47 Å². The lowest BCUT2D eigenvalue weighted by atomic mass is 9.98. The van der Waals surface area contributed by atoms with Gasteiger partial charge in [-0.15, -0.1) is 0 Å². The maximum absolute atomic E-state index is 13.9. The number of methoxy groups -OCH3 is 1. The lowest BCUT2D eigenvalue weighted by Crippen LogP contribution is -2.08. The summed E-state index contributed by atoms with van der Waals surface area (Å²) < 4.78 is 24.4. The minimum Gasteiger partial charge on any atom is -0.496 e. The molecule has 0 amide bonds. The molecule has 2 heterocycles. The van der Waals surface area contributed by atoms with Crippen LogP contribution in [-0.2, 0) is 4.74 Å². The van der Waals surface area contributed by atoms with Crippen LogP contribution in [0.3, 0.4) is 0 Å². The third kappa shape index (κ3) is 3.28. The Morgan fingerprint density at radius 1 is 1.23 bits per heavy atom. The number of aromatic nitrogens is 1. The summed E-state index contributed by atoms with van der Waals surface area (Å²) in [7, 11) is 1.63. The quantitative estimate of drug-likeness (QED) is 0.807. The van der Waals surface area contributed by atoms with Gasteiger partial charge in [0.2, 0.25) is 0 Å². The van der Waals surface area contributed by atoms with E-state index in [-0.39, 0.29) is 12.4 Å². The fraction of sp³-hybridized carbons (Fsp3) is 0.389. The van der Waals surface area contributed by atoms with E-state index in [1.807, 2.05) is 45.0 Å². The molecule has 1 aliphatic rings. The molecular weight excluding hydrogens is 281 g/mol. The average molecular weight is 303 g/mol. The zero-order valence-electron chi connectivity index (χ0n) is 13.6. The molecule has 22 heavy (non-hydrogen) atoms. The Kier molecular flexibility index (Phi) is 5.50. The van der Waals surface area contributed by atoms with Crippen molar-refractivity contribution in [3.8, 4) is 5.75 Å². The van der Waals surface area contributed by atoms with Gasteiger partial charge in [0.05, 0.1) is 25.8 Å². The van der Waals surface area contributed by atoms with Gasteiger partial charge >= 0.3 is 0 Å². The van der Waals surface area contributed by atoms with E-state index in [9.17, 15) is 4.39 Å². The lowest BCUT2D eigenvalue weighted by Gasteiger charge is -2.16. The van der Waals surface area contributed by atoms with Crippen LogP contribution in [0.25, 0.3) is 16.5 Å². The second-order valence-corrected chi connectivity index (χ2v) is 4.88. The van der Waals surface area contributed by atoms with E-state index in [0.717, 1.165) is 33.5 Å². The van der Waals surface area contributed by atoms with Gasteiger partial charge in [0.1, 0.15) is 11.6 Å². The van der Waals surface area contributed by atoms with Gasteiger partial charge in [-0.1, -0.05) is 19.9 Å². The molecule has 0 unspecified atom stereocenters. The van der Waals surface area contributed by atoms with Gasteiger partial charge in [-0.25, -0.2) is 4.39 Å². The Hall–Kier alpha value is -1.94. The van der Waals surface area contributed by atoms with Crippen LogP contribution in [0.4, 0.5) is 4.39 Å². The molecule has 4 heteroatoms. The van der Waals surface area contributed by atoms with Crippen LogP contribution < -0.4 is 4.74 Å². The Labute approximate surface area is 130 Å². The van der Waals surface area contributed by atoms with Gasteiger partial charge < -0.3 is 9.47 Å². The van der Waals surface area contributed by atoms with Crippen molar-refractivity contribution in [3.05, 3.63) is 41.3 Å². The minimum absolute atomic E-state index is 0.0661. The van der Waals surface area contributed by atoms with Gasteiger partial charge in [-0.3, -0.25) is 4.98 Å². The molecule has 0 radical (unpaired) electrons. The SMILES string of the molecule is CC.COc1cc(C)nc2ccc(C3=C(F)COCC3)cc12. The van der Waals surface area contributed by atoms with Crippen molar-refractivity contribution in [1.82, 2.24) is 4.98 Å². The van der Waals surface area contributed by atoms with Crippen molar-refractivity contribution < 1.29 is 13.9 Å². The van der Waals surface area contributed by atoms with Crippen LogP contribution in [0, 0.1) is 6.92 Å². The van der Waals surface area contributed by atoms with Gasteiger partial charge in [0, 0.05) is 17.1 Å². The number of nitrogens with zero attached hydrogens (tertiary/aromatic N) is 1. The van der Waals surface area contributed by atoms with Crippen LogP contribution in [0.1, 0.15) is 31.5 Å². The molecule has 0 fully saturated rings. The predicted octanol–water partition coefficient (Wildman–Crippen LogP) is 4.68. The first-order valence-corrected chi connectivity index (χ1v) is 7.60. The third-order valence-electron chi connectivity index (χ3n) is 3.52. The van der Waals surface area contributed by atoms with Gasteiger partial charge in [0.15, 0.2) is 0 Å². The minimum atomic E-state index is -0.186. The van der Waals surface area contributed by atoms with Gasteiger partial charge in [-0.05, 0) is 36.6 Å². The molecular formula is C18H22FNO2. The third-order valence-corrected chi connectivity index (χ3v) is 3.52. The smallest absolute Gasteiger partial charge is 0.130 e. The van der Waals surface area contributed by atoms with E-state index in [0.29, 0.717) is 13.0 Å². The second kappa shape index (κ2) is 7.36. The number of pyridine rings is 1. The molecule has 3 nitrogen and oxygen atoms in total. The highest BCUT2D eigenvalue weighted by Gasteiger charge is 2.16. The largest absolute Gasteiger partial charge is 0.496 e. The Balaban J connectivity index is 0.000000847. The standard InChI is InChI=1S/C16H16FNO2.C2H6/c1-10-7-16(19-2)13-8-11(3-4-15(13)18-10)12-5-6-20-9-14(12)17;1-2/h3-4,7-8H,5-6,9H2,1-2H3;1-2H3. The first kappa shape index (κ1) is 16.4. The first-order valence-electron chi connectivity index (χ1n) is 7.60. The maximum atomic E-state index is 13.9. The zero-order valence-corrected chi connectivity index (χ0v) is 13.6. The van der Waals surface area contributed by atoms with Crippen molar-refractivity contribution >= 4 is 16.5 Å². The average Bonchev–Trinajstić information content (AvgIpc) is 2.56. The summed E-state index contributed by atoms with van der Waals surface area (Å²) in [4.78, 5) is 4.48. The number of hydrogen-bond donors (Lipinski definition) is 0. The van der Waals surface area contributed by atoms with Crippen molar-refractivity contribution in [3.63, 3.8) is 0 Å². The topological polar surface area (TPSA) is 31.4 Å². The molecule has 1 aromatic carbocycles. The zero-order chi connectivity index (χ0) is 16.1. The number of rotatable bonds is 2. The first-order chi connectivity index (χ1) is 10.7. The highest BCUT2D eigenvalue weighted by molar-refractivity contribution is 5.89. The molecule has 0 N–H and O–H groups in total. The molecule has 1 aromatic heterocycles. The molecule has 1 aliphatic heterocycles. The molecule has 0 spiro atoms. The molecule has 2 aromatic rings. The van der Waals surface area contributed by atoms with Crippen LogP contribution in [-0.4, -0.2) is 25.3 Å². The lowest BCUT2D eigenvalue weighted by molar-refractivity contribution is 0.138. The number of halogens is 1. The number of aryl methyl sites for hydroxylation is 1. The Morgan fingerprint density at radius 3 is 2.68 bits per heavy atom. The van der Waals surface area contributed by atoms with Gasteiger partial charge in [-0.2, -0.15) is 0 Å². The van der Waals surface area contributed by atoms with E-state index >= 15 is 0 Å². The number of benzene rings is 1. The normalized spacial score (nSPS) is 14.6. The number of hydrogen-bond acceptors (Lipinski definition) is 3. The van der Waals surface area contributed by atoms with Crippen LogP contribution >= 0.6 is 0 Å². The molecule has 0 bridgehead atoms. The summed E-state index contributed by atoms with van der Waals surface area (Å²) in [6.07, 6.45) is 0.596.